The van der Waals surface area contributed by atoms with Gasteiger partial charge in [-0.05, 0) is 24.0 Å². The van der Waals surface area contributed by atoms with Crippen LogP contribution in [-0.4, -0.2) is 60.9 Å². The van der Waals surface area contributed by atoms with E-state index in [0.717, 1.165) is 5.56 Å². The van der Waals surface area contributed by atoms with E-state index in [1.54, 1.807) is 12.1 Å². The van der Waals surface area contributed by atoms with E-state index in [1.807, 2.05) is 24.5 Å². The van der Waals surface area contributed by atoms with Gasteiger partial charge in [-0.3, -0.25) is 4.79 Å². The number of benzene rings is 1. The highest BCUT2D eigenvalue weighted by Crippen LogP contribution is 2.04. The SMILES string of the molecule is COC(=O)[C@H](CCSC)NC(=O)[C@H](CO)NC(=O)OCc1ccccc1. The van der Waals surface area contributed by atoms with Crippen LogP contribution in [0.25, 0.3) is 0 Å². The summed E-state index contributed by atoms with van der Waals surface area (Å²) in [7, 11) is 1.23. The number of carbonyl (C=O) groups is 3. The molecule has 1 rings (SSSR count). The predicted octanol–water partition coefficient (Wildman–Crippen LogP) is 0.685. The molecule has 3 N–H and O–H groups in total. The van der Waals surface area contributed by atoms with Crippen molar-refractivity contribution in [2.75, 3.05) is 25.7 Å². The van der Waals surface area contributed by atoms with Crippen molar-refractivity contribution in [3.05, 3.63) is 35.9 Å². The molecule has 0 aliphatic rings. The average Bonchev–Trinajstić information content (AvgIpc) is 2.67. The van der Waals surface area contributed by atoms with Gasteiger partial charge in [-0.15, -0.1) is 0 Å². The average molecular weight is 384 g/mol. The van der Waals surface area contributed by atoms with Crippen LogP contribution in [-0.2, 0) is 25.7 Å². The summed E-state index contributed by atoms with van der Waals surface area (Å²) in [4.78, 5) is 35.8. The number of aliphatic hydroxyl groups is 1. The number of alkyl carbamates (subject to hydrolysis) is 1. The van der Waals surface area contributed by atoms with Gasteiger partial charge in [0.1, 0.15) is 18.7 Å². The van der Waals surface area contributed by atoms with Crippen LogP contribution in [0.1, 0.15) is 12.0 Å². The molecule has 1 aromatic rings. The molecule has 0 radical (unpaired) electrons. The van der Waals surface area contributed by atoms with Crippen LogP contribution in [0, 0.1) is 0 Å². The van der Waals surface area contributed by atoms with E-state index < -0.39 is 36.7 Å². The lowest BCUT2D eigenvalue weighted by Crippen LogP contribution is -2.53. The Morgan fingerprint density at radius 2 is 1.85 bits per heavy atom. The van der Waals surface area contributed by atoms with Crippen molar-refractivity contribution >= 4 is 29.7 Å². The van der Waals surface area contributed by atoms with Gasteiger partial charge in [0.2, 0.25) is 5.91 Å². The number of hydrogen-bond donors (Lipinski definition) is 3. The Morgan fingerprint density at radius 1 is 1.15 bits per heavy atom. The summed E-state index contributed by atoms with van der Waals surface area (Å²) in [5, 5.41) is 14.1. The fourth-order valence-corrected chi connectivity index (χ4v) is 2.47. The number of methoxy groups -OCH3 is 1. The predicted molar refractivity (Wildman–Crippen MR) is 97.6 cm³/mol. The summed E-state index contributed by atoms with van der Waals surface area (Å²) in [6.45, 7) is -0.604. The highest BCUT2D eigenvalue weighted by atomic mass is 32.2. The monoisotopic (exact) mass is 384 g/mol. The van der Waals surface area contributed by atoms with Gasteiger partial charge in [0, 0.05) is 0 Å². The van der Waals surface area contributed by atoms with Crippen molar-refractivity contribution in [3.63, 3.8) is 0 Å². The maximum absolute atomic E-state index is 12.2. The number of nitrogens with one attached hydrogen (secondary N) is 2. The minimum Gasteiger partial charge on any atom is -0.467 e. The second-order valence-corrected chi connectivity index (χ2v) is 6.29. The molecule has 0 saturated carbocycles. The molecule has 0 saturated heterocycles. The molecule has 0 spiro atoms. The molecule has 1 aromatic carbocycles. The van der Waals surface area contributed by atoms with Gasteiger partial charge < -0.3 is 25.2 Å². The fourth-order valence-electron chi connectivity index (χ4n) is 2.00. The largest absolute Gasteiger partial charge is 0.467 e. The maximum atomic E-state index is 12.2. The van der Waals surface area contributed by atoms with Crippen molar-refractivity contribution in [2.24, 2.45) is 0 Å². The smallest absolute Gasteiger partial charge is 0.408 e. The van der Waals surface area contributed by atoms with Crippen LogP contribution in [0.15, 0.2) is 30.3 Å². The van der Waals surface area contributed by atoms with E-state index in [4.69, 9.17) is 4.74 Å². The number of amides is 2. The molecule has 0 fully saturated rings. The summed E-state index contributed by atoms with van der Waals surface area (Å²) in [5.41, 5.74) is 0.787. The fraction of sp³-hybridized carbons (Fsp3) is 0.471. The normalized spacial score (nSPS) is 12.6. The first kappa shape index (κ1) is 21.8. The van der Waals surface area contributed by atoms with Gasteiger partial charge in [-0.2, -0.15) is 11.8 Å². The quantitative estimate of drug-likeness (QED) is 0.508. The van der Waals surface area contributed by atoms with Crippen LogP contribution < -0.4 is 10.6 Å². The summed E-state index contributed by atoms with van der Waals surface area (Å²) >= 11 is 1.52. The van der Waals surface area contributed by atoms with Gasteiger partial charge in [0.15, 0.2) is 0 Å². The summed E-state index contributed by atoms with van der Waals surface area (Å²) < 4.78 is 9.67. The van der Waals surface area contributed by atoms with Crippen LogP contribution in [0.5, 0.6) is 0 Å². The Kier molecular flexibility index (Phi) is 10.2. The van der Waals surface area contributed by atoms with Gasteiger partial charge in [-0.25, -0.2) is 9.59 Å². The van der Waals surface area contributed by atoms with Crippen LogP contribution in [0.2, 0.25) is 0 Å². The van der Waals surface area contributed by atoms with E-state index >= 15 is 0 Å². The second-order valence-electron chi connectivity index (χ2n) is 5.31. The molecule has 8 nitrogen and oxygen atoms in total. The standard InChI is InChI=1S/C17H24N2O6S/c1-24-16(22)13(8-9-26-2)18-15(21)14(10-20)19-17(23)25-11-12-6-4-3-5-7-12/h3-7,13-14,20H,8-11H2,1-2H3,(H,18,21)(H,19,23)/t13-,14-/m0/s1. The minimum atomic E-state index is -1.24. The Balaban J connectivity index is 2.55. The number of aliphatic hydroxyl groups excluding tert-OH is 1. The summed E-state index contributed by atoms with van der Waals surface area (Å²) in [6, 6.07) is 6.94. The molecule has 0 heterocycles. The zero-order chi connectivity index (χ0) is 19.4. The summed E-state index contributed by atoms with van der Waals surface area (Å²) in [6.07, 6.45) is 1.40. The molecule has 0 bridgehead atoms. The molecule has 0 aliphatic carbocycles. The maximum Gasteiger partial charge on any atom is 0.408 e. The Labute approximate surface area is 156 Å². The molecule has 26 heavy (non-hydrogen) atoms. The third-order valence-electron chi connectivity index (χ3n) is 3.42. The Hall–Kier alpha value is -2.26. The number of carbonyl (C=O) groups excluding carboxylic acids is 3. The van der Waals surface area contributed by atoms with Crippen molar-refractivity contribution in [1.82, 2.24) is 10.6 Å². The van der Waals surface area contributed by atoms with E-state index in [2.05, 4.69) is 15.4 Å². The Morgan fingerprint density at radius 3 is 2.42 bits per heavy atom. The van der Waals surface area contributed by atoms with E-state index in [1.165, 1.54) is 18.9 Å². The first-order chi connectivity index (χ1) is 12.5. The van der Waals surface area contributed by atoms with Crippen LogP contribution in [0.3, 0.4) is 0 Å². The lowest BCUT2D eigenvalue weighted by atomic mass is 10.2. The van der Waals surface area contributed by atoms with Crippen molar-refractivity contribution < 1.29 is 29.0 Å². The number of esters is 1. The van der Waals surface area contributed by atoms with E-state index in [0.29, 0.717) is 12.2 Å². The van der Waals surface area contributed by atoms with Gasteiger partial charge in [0.25, 0.3) is 0 Å². The molecular weight excluding hydrogens is 360 g/mol. The molecule has 0 aliphatic heterocycles. The number of rotatable bonds is 10. The number of ether oxygens (including phenoxy) is 2. The van der Waals surface area contributed by atoms with Gasteiger partial charge in [-0.1, -0.05) is 30.3 Å². The molecule has 9 heteroatoms. The van der Waals surface area contributed by atoms with Gasteiger partial charge >= 0.3 is 12.1 Å². The third kappa shape index (κ3) is 7.75. The number of hydrogen-bond acceptors (Lipinski definition) is 7. The molecule has 0 unspecified atom stereocenters. The molecule has 0 aromatic heterocycles. The van der Waals surface area contributed by atoms with Crippen LogP contribution >= 0.6 is 11.8 Å². The first-order valence-electron chi connectivity index (χ1n) is 7.97. The Bertz CT molecular complexity index is 584. The highest BCUT2D eigenvalue weighted by molar-refractivity contribution is 7.98. The zero-order valence-electron chi connectivity index (χ0n) is 14.8. The second kappa shape index (κ2) is 12.2. The third-order valence-corrected chi connectivity index (χ3v) is 4.06. The van der Waals surface area contributed by atoms with Crippen LogP contribution in [0.4, 0.5) is 4.79 Å². The number of thioether (sulfide) groups is 1. The minimum absolute atomic E-state index is 0.0327. The lowest BCUT2D eigenvalue weighted by Gasteiger charge is -2.20. The van der Waals surface area contributed by atoms with Crippen molar-refractivity contribution in [2.45, 2.75) is 25.1 Å². The molecule has 2 amide bonds. The topological polar surface area (TPSA) is 114 Å². The van der Waals surface area contributed by atoms with Crippen molar-refractivity contribution in [1.29, 1.82) is 0 Å². The molecule has 144 valence electrons. The van der Waals surface area contributed by atoms with Crippen molar-refractivity contribution in [3.8, 4) is 0 Å². The van der Waals surface area contributed by atoms with Gasteiger partial charge in [0.05, 0.1) is 13.7 Å². The first-order valence-corrected chi connectivity index (χ1v) is 9.36. The molecule has 2 atom stereocenters. The molecular formula is C17H24N2O6S. The lowest BCUT2D eigenvalue weighted by molar-refractivity contribution is -0.145. The zero-order valence-corrected chi connectivity index (χ0v) is 15.6. The summed E-state index contributed by atoms with van der Waals surface area (Å²) in [5.74, 6) is -0.646. The van der Waals surface area contributed by atoms with E-state index in [9.17, 15) is 19.5 Å². The highest BCUT2D eigenvalue weighted by Gasteiger charge is 2.27. The van der Waals surface area contributed by atoms with E-state index in [-0.39, 0.29) is 6.61 Å².